The number of rotatable bonds is 6. The molecular formula is C15H24N2O. The molecule has 0 bridgehead atoms. The zero-order chi connectivity index (χ0) is 13.1. The summed E-state index contributed by atoms with van der Waals surface area (Å²) >= 11 is 0. The van der Waals surface area contributed by atoms with Crippen LogP contribution in [0.3, 0.4) is 0 Å². The first kappa shape index (κ1) is 13.1. The molecule has 1 aromatic rings. The van der Waals surface area contributed by atoms with E-state index in [0.717, 1.165) is 23.9 Å². The van der Waals surface area contributed by atoms with E-state index < -0.39 is 0 Å². The molecule has 0 heterocycles. The second-order valence-electron chi connectivity index (χ2n) is 5.38. The van der Waals surface area contributed by atoms with Gasteiger partial charge in [0, 0.05) is 36.1 Å². The molecule has 100 valence electrons. The lowest BCUT2D eigenvalue weighted by atomic mass is 10.2. The molecule has 0 spiro atoms. The van der Waals surface area contributed by atoms with Crippen LogP contribution in [0.1, 0.15) is 33.6 Å². The van der Waals surface area contributed by atoms with Gasteiger partial charge < -0.3 is 15.4 Å². The lowest BCUT2D eigenvalue weighted by Crippen LogP contribution is -2.32. The van der Waals surface area contributed by atoms with E-state index >= 15 is 0 Å². The zero-order valence-corrected chi connectivity index (χ0v) is 11.6. The van der Waals surface area contributed by atoms with Crippen molar-refractivity contribution in [2.45, 2.75) is 39.7 Å². The van der Waals surface area contributed by atoms with Crippen molar-refractivity contribution in [2.75, 3.05) is 23.8 Å². The van der Waals surface area contributed by atoms with Crippen LogP contribution in [-0.2, 0) is 0 Å². The largest absolute Gasteiger partial charge is 0.494 e. The molecule has 0 atom stereocenters. The average molecular weight is 248 g/mol. The number of anilines is 2. The molecule has 1 aromatic carbocycles. The van der Waals surface area contributed by atoms with Crippen molar-refractivity contribution in [1.29, 1.82) is 0 Å². The van der Waals surface area contributed by atoms with Crippen LogP contribution in [0.15, 0.2) is 18.2 Å². The fourth-order valence-corrected chi connectivity index (χ4v) is 2.21. The van der Waals surface area contributed by atoms with Crippen molar-refractivity contribution in [3.8, 4) is 5.75 Å². The predicted molar refractivity (Wildman–Crippen MR) is 77.2 cm³/mol. The van der Waals surface area contributed by atoms with Crippen LogP contribution < -0.4 is 15.4 Å². The highest BCUT2D eigenvalue weighted by molar-refractivity contribution is 5.61. The monoisotopic (exact) mass is 248 g/mol. The maximum absolute atomic E-state index is 5.97. The smallest absolute Gasteiger partial charge is 0.123 e. The van der Waals surface area contributed by atoms with Gasteiger partial charge in [-0.15, -0.1) is 0 Å². The molecule has 3 nitrogen and oxygen atoms in total. The van der Waals surface area contributed by atoms with E-state index in [1.54, 1.807) is 0 Å². The third kappa shape index (κ3) is 3.31. The van der Waals surface area contributed by atoms with Gasteiger partial charge in [-0.2, -0.15) is 0 Å². The summed E-state index contributed by atoms with van der Waals surface area (Å²) in [5.74, 6) is 1.73. The Morgan fingerprint density at radius 3 is 2.61 bits per heavy atom. The number of ether oxygens (including phenoxy) is 1. The number of benzene rings is 1. The Bertz CT molecular complexity index is 399. The lowest BCUT2D eigenvalue weighted by molar-refractivity contribution is 0.340. The Kier molecular flexibility index (Phi) is 4.00. The van der Waals surface area contributed by atoms with Gasteiger partial charge in [0.2, 0.25) is 0 Å². The lowest BCUT2D eigenvalue weighted by Gasteiger charge is -2.29. The fourth-order valence-electron chi connectivity index (χ4n) is 2.21. The average Bonchev–Trinajstić information content (AvgIpc) is 3.08. The van der Waals surface area contributed by atoms with Crippen LogP contribution in [-0.4, -0.2) is 19.2 Å². The Hall–Kier alpha value is -1.38. The van der Waals surface area contributed by atoms with E-state index in [4.69, 9.17) is 10.5 Å². The Labute approximate surface area is 110 Å². The minimum Gasteiger partial charge on any atom is -0.494 e. The Balaban J connectivity index is 2.21. The van der Waals surface area contributed by atoms with Crippen molar-refractivity contribution in [3.63, 3.8) is 0 Å². The summed E-state index contributed by atoms with van der Waals surface area (Å²) < 4.78 is 5.57. The van der Waals surface area contributed by atoms with Gasteiger partial charge in [-0.05, 0) is 45.6 Å². The summed E-state index contributed by atoms with van der Waals surface area (Å²) in [5, 5.41) is 0. The molecule has 0 aromatic heterocycles. The van der Waals surface area contributed by atoms with Gasteiger partial charge in [-0.3, -0.25) is 0 Å². The van der Waals surface area contributed by atoms with Gasteiger partial charge in [0.05, 0.1) is 6.61 Å². The predicted octanol–water partition coefficient (Wildman–Crippen LogP) is 3.29. The summed E-state index contributed by atoms with van der Waals surface area (Å²) in [6.07, 6.45) is 2.73. The molecule has 3 heteroatoms. The molecule has 1 aliphatic rings. The van der Waals surface area contributed by atoms with Gasteiger partial charge in [0.15, 0.2) is 0 Å². The summed E-state index contributed by atoms with van der Waals surface area (Å²) in [6, 6.07) is 6.53. The number of hydrogen-bond donors (Lipinski definition) is 1. The molecule has 0 amide bonds. The third-order valence-corrected chi connectivity index (χ3v) is 3.33. The van der Waals surface area contributed by atoms with Crippen molar-refractivity contribution in [1.82, 2.24) is 0 Å². The van der Waals surface area contributed by atoms with Crippen LogP contribution in [0, 0.1) is 5.92 Å². The normalized spacial score (nSPS) is 14.9. The first-order valence-electron chi connectivity index (χ1n) is 6.90. The molecule has 2 rings (SSSR count). The quantitative estimate of drug-likeness (QED) is 0.785. The van der Waals surface area contributed by atoms with Crippen molar-refractivity contribution in [3.05, 3.63) is 18.2 Å². The second kappa shape index (κ2) is 5.51. The second-order valence-corrected chi connectivity index (χ2v) is 5.38. The topological polar surface area (TPSA) is 38.5 Å². The van der Waals surface area contributed by atoms with Crippen LogP contribution in [0.5, 0.6) is 5.75 Å². The van der Waals surface area contributed by atoms with Crippen LogP contribution >= 0.6 is 0 Å². The first-order valence-corrected chi connectivity index (χ1v) is 6.90. The molecular weight excluding hydrogens is 224 g/mol. The minimum absolute atomic E-state index is 0.488. The van der Waals surface area contributed by atoms with E-state index in [2.05, 4.69) is 24.8 Å². The standard InChI is InChI=1S/C15H24N2O/c1-4-18-15-8-13(16)7-14(9-15)17(11(2)3)10-12-5-6-12/h7-9,11-12H,4-6,10,16H2,1-3H3. The molecule has 1 fully saturated rings. The van der Waals surface area contributed by atoms with Gasteiger partial charge in [0.25, 0.3) is 0 Å². The molecule has 1 saturated carbocycles. The molecule has 0 unspecified atom stereocenters. The summed E-state index contributed by atoms with van der Waals surface area (Å²) in [4.78, 5) is 2.43. The Morgan fingerprint density at radius 1 is 1.33 bits per heavy atom. The number of hydrogen-bond acceptors (Lipinski definition) is 3. The number of nitrogens with two attached hydrogens (primary N) is 1. The number of nitrogen functional groups attached to an aromatic ring is 1. The van der Waals surface area contributed by atoms with Crippen LogP contribution in [0.2, 0.25) is 0 Å². The van der Waals surface area contributed by atoms with Crippen molar-refractivity contribution in [2.24, 2.45) is 5.92 Å². The minimum atomic E-state index is 0.488. The van der Waals surface area contributed by atoms with E-state index in [0.29, 0.717) is 12.6 Å². The SMILES string of the molecule is CCOc1cc(N)cc(N(CC2CC2)C(C)C)c1. The first-order chi connectivity index (χ1) is 8.60. The number of nitrogens with zero attached hydrogens (tertiary/aromatic N) is 1. The molecule has 0 radical (unpaired) electrons. The van der Waals surface area contributed by atoms with Gasteiger partial charge in [0.1, 0.15) is 5.75 Å². The summed E-state index contributed by atoms with van der Waals surface area (Å²) in [6.45, 7) is 8.25. The van der Waals surface area contributed by atoms with Gasteiger partial charge in [-0.1, -0.05) is 0 Å². The highest BCUT2D eigenvalue weighted by Gasteiger charge is 2.26. The molecule has 1 aliphatic carbocycles. The van der Waals surface area contributed by atoms with Gasteiger partial charge >= 0.3 is 0 Å². The van der Waals surface area contributed by atoms with E-state index in [1.807, 2.05) is 19.1 Å². The van der Waals surface area contributed by atoms with Crippen LogP contribution in [0.4, 0.5) is 11.4 Å². The van der Waals surface area contributed by atoms with Crippen LogP contribution in [0.25, 0.3) is 0 Å². The highest BCUT2D eigenvalue weighted by Crippen LogP contribution is 2.34. The van der Waals surface area contributed by atoms with E-state index in [9.17, 15) is 0 Å². The maximum atomic E-state index is 5.97. The zero-order valence-electron chi connectivity index (χ0n) is 11.6. The van der Waals surface area contributed by atoms with Crippen molar-refractivity contribution >= 4 is 11.4 Å². The molecule has 0 aliphatic heterocycles. The highest BCUT2D eigenvalue weighted by atomic mass is 16.5. The third-order valence-electron chi connectivity index (χ3n) is 3.33. The summed E-state index contributed by atoms with van der Waals surface area (Å²) in [7, 11) is 0. The van der Waals surface area contributed by atoms with Gasteiger partial charge in [-0.25, -0.2) is 0 Å². The molecule has 2 N–H and O–H groups in total. The van der Waals surface area contributed by atoms with E-state index in [1.165, 1.54) is 18.5 Å². The van der Waals surface area contributed by atoms with Crippen molar-refractivity contribution < 1.29 is 4.74 Å². The maximum Gasteiger partial charge on any atom is 0.123 e. The molecule has 0 saturated heterocycles. The molecule has 18 heavy (non-hydrogen) atoms. The van der Waals surface area contributed by atoms with E-state index in [-0.39, 0.29) is 0 Å². The fraction of sp³-hybridized carbons (Fsp3) is 0.600. The summed E-state index contributed by atoms with van der Waals surface area (Å²) in [5.41, 5.74) is 7.92. The Morgan fingerprint density at radius 2 is 2.06 bits per heavy atom.